The first-order valence-corrected chi connectivity index (χ1v) is 8.34. The summed E-state index contributed by atoms with van der Waals surface area (Å²) in [5.41, 5.74) is 1.15. The molecule has 1 fully saturated rings. The van der Waals surface area contributed by atoms with Gasteiger partial charge in [-0.15, -0.1) is 0 Å². The maximum absolute atomic E-state index is 12.5. The van der Waals surface area contributed by atoms with Crippen LogP contribution in [0.3, 0.4) is 0 Å². The van der Waals surface area contributed by atoms with Crippen molar-refractivity contribution >= 4 is 5.91 Å². The lowest BCUT2D eigenvalue weighted by Crippen LogP contribution is -2.42. The summed E-state index contributed by atoms with van der Waals surface area (Å²) < 4.78 is 5.73. The van der Waals surface area contributed by atoms with Crippen molar-refractivity contribution in [2.45, 2.75) is 57.4 Å². The highest BCUT2D eigenvalue weighted by Crippen LogP contribution is 2.27. The van der Waals surface area contributed by atoms with Crippen LogP contribution in [0, 0.1) is 5.92 Å². The van der Waals surface area contributed by atoms with Crippen LogP contribution < -0.4 is 10.1 Å². The van der Waals surface area contributed by atoms with E-state index < -0.39 is 0 Å². The fourth-order valence-corrected chi connectivity index (χ4v) is 3.42. The second-order valence-electron chi connectivity index (χ2n) is 6.37. The molecule has 21 heavy (non-hydrogen) atoms. The van der Waals surface area contributed by atoms with Gasteiger partial charge in [0.15, 0.2) is 0 Å². The van der Waals surface area contributed by atoms with E-state index in [1.54, 1.807) is 0 Å². The number of hydrogen-bond donors (Lipinski definition) is 1. The third-order valence-corrected chi connectivity index (χ3v) is 4.70. The van der Waals surface area contributed by atoms with E-state index in [2.05, 4.69) is 11.4 Å². The Kier molecular flexibility index (Phi) is 4.79. The van der Waals surface area contributed by atoms with Crippen LogP contribution in [0.15, 0.2) is 24.3 Å². The summed E-state index contributed by atoms with van der Waals surface area (Å²) in [7, 11) is 0. The van der Waals surface area contributed by atoms with Gasteiger partial charge in [-0.3, -0.25) is 4.79 Å². The molecular weight excluding hydrogens is 262 g/mol. The average Bonchev–Trinajstić information content (AvgIpc) is 2.49. The maximum atomic E-state index is 12.5. The van der Waals surface area contributed by atoms with Gasteiger partial charge in [0.05, 0.1) is 5.92 Å². The van der Waals surface area contributed by atoms with Gasteiger partial charge in [-0.05, 0) is 30.9 Å². The molecule has 1 atom stereocenters. The zero-order valence-corrected chi connectivity index (χ0v) is 12.6. The molecule has 1 unspecified atom stereocenters. The van der Waals surface area contributed by atoms with Crippen LogP contribution in [0.25, 0.3) is 0 Å². The first kappa shape index (κ1) is 14.4. The third-order valence-electron chi connectivity index (χ3n) is 4.70. The van der Waals surface area contributed by atoms with Gasteiger partial charge in [-0.25, -0.2) is 0 Å². The zero-order chi connectivity index (χ0) is 14.5. The molecule has 3 nitrogen and oxygen atoms in total. The Balaban J connectivity index is 1.56. The number of amides is 1. The van der Waals surface area contributed by atoms with E-state index in [4.69, 9.17) is 4.74 Å². The molecule has 0 radical (unpaired) electrons. The van der Waals surface area contributed by atoms with Crippen LogP contribution in [-0.2, 0) is 11.2 Å². The smallest absolute Gasteiger partial charge is 0.227 e. The molecule has 1 aliphatic heterocycles. The minimum atomic E-state index is -0.0367. The van der Waals surface area contributed by atoms with Crippen molar-refractivity contribution in [2.75, 3.05) is 6.61 Å². The molecule has 2 aliphatic rings. The van der Waals surface area contributed by atoms with Gasteiger partial charge in [-0.1, -0.05) is 50.3 Å². The molecule has 0 saturated heterocycles. The molecular formula is C18H25NO2. The molecule has 3 rings (SSSR count). The quantitative estimate of drug-likeness (QED) is 0.904. The second kappa shape index (κ2) is 6.97. The number of rotatable bonds is 2. The van der Waals surface area contributed by atoms with Crippen molar-refractivity contribution in [3.05, 3.63) is 29.8 Å². The van der Waals surface area contributed by atoms with Gasteiger partial charge in [0, 0.05) is 6.04 Å². The predicted molar refractivity (Wildman–Crippen MR) is 83.4 cm³/mol. The number of nitrogens with one attached hydrogen (secondary N) is 1. The van der Waals surface area contributed by atoms with Crippen molar-refractivity contribution in [1.82, 2.24) is 5.32 Å². The van der Waals surface area contributed by atoms with Gasteiger partial charge in [0.1, 0.15) is 12.4 Å². The Bertz CT molecular complexity index is 478. The van der Waals surface area contributed by atoms with Gasteiger partial charge in [0.25, 0.3) is 0 Å². The first-order chi connectivity index (χ1) is 10.3. The van der Waals surface area contributed by atoms with Gasteiger partial charge >= 0.3 is 0 Å². The normalized spacial score (nSPS) is 23.3. The monoisotopic (exact) mass is 287 g/mol. The van der Waals surface area contributed by atoms with Gasteiger partial charge < -0.3 is 10.1 Å². The Morgan fingerprint density at radius 2 is 1.76 bits per heavy atom. The Hall–Kier alpha value is -1.51. The lowest BCUT2D eigenvalue weighted by Gasteiger charge is -2.27. The van der Waals surface area contributed by atoms with Crippen LogP contribution in [0.2, 0.25) is 0 Å². The Morgan fingerprint density at radius 1 is 1.05 bits per heavy atom. The summed E-state index contributed by atoms with van der Waals surface area (Å²) in [6, 6.07) is 8.41. The number of hydrogen-bond acceptors (Lipinski definition) is 2. The third kappa shape index (κ3) is 3.78. The number of carbonyl (C=O) groups is 1. The molecule has 3 heteroatoms. The van der Waals surface area contributed by atoms with Gasteiger partial charge in [0.2, 0.25) is 5.91 Å². The number of benzene rings is 1. The minimum absolute atomic E-state index is 0.0367. The molecule has 1 aromatic carbocycles. The first-order valence-electron chi connectivity index (χ1n) is 8.34. The van der Waals surface area contributed by atoms with Crippen LogP contribution in [0.5, 0.6) is 5.75 Å². The van der Waals surface area contributed by atoms with E-state index in [0.29, 0.717) is 12.6 Å². The van der Waals surface area contributed by atoms with E-state index in [1.165, 1.54) is 32.1 Å². The molecule has 1 heterocycles. The summed E-state index contributed by atoms with van der Waals surface area (Å²) in [5.74, 6) is 1.08. The van der Waals surface area contributed by atoms with Gasteiger partial charge in [-0.2, -0.15) is 0 Å². The minimum Gasteiger partial charge on any atom is -0.492 e. The summed E-state index contributed by atoms with van der Waals surface area (Å²) >= 11 is 0. The number of para-hydroxylation sites is 1. The average molecular weight is 287 g/mol. The van der Waals surface area contributed by atoms with E-state index in [0.717, 1.165) is 30.6 Å². The topological polar surface area (TPSA) is 38.3 Å². The predicted octanol–water partition coefficient (Wildman–Crippen LogP) is 3.47. The molecule has 1 aromatic rings. The molecule has 0 aromatic heterocycles. The van der Waals surface area contributed by atoms with Crippen molar-refractivity contribution in [3.63, 3.8) is 0 Å². The summed E-state index contributed by atoms with van der Waals surface area (Å²) in [6.07, 6.45) is 9.54. The molecule has 1 N–H and O–H groups in total. The van der Waals surface area contributed by atoms with Crippen LogP contribution in [0.1, 0.15) is 50.5 Å². The van der Waals surface area contributed by atoms with Crippen molar-refractivity contribution in [1.29, 1.82) is 0 Å². The van der Waals surface area contributed by atoms with E-state index in [9.17, 15) is 4.79 Å². The van der Waals surface area contributed by atoms with Crippen molar-refractivity contribution in [3.8, 4) is 5.75 Å². The SMILES string of the molecule is O=C(NC1CCCCCCC1)C1COc2ccccc2C1. The van der Waals surface area contributed by atoms with Crippen molar-refractivity contribution < 1.29 is 9.53 Å². The molecule has 0 spiro atoms. The highest BCUT2D eigenvalue weighted by Gasteiger charge is 2.27. The highest BCUT2D eigenvalue weighted by atomic mass is 16.5. The molecule has 114 valence electrons. The van der Waals surface area contributed by atoms with E-state index in [-0.39, 0.29) is 11.8 Å². The number of carbonyl (C=O) groups excluding carboxylic acids is 1. The lowest BCUT2D eigenvalue weighted by atomic mass is 9.93. The molecule has 1 aliphatic carbocycles. The largest absolute Gasteiger partial charge is 0.492 e. The molecule has 1 saturated carbocycles. The fourth-order valence-electron chi connectivity index (χ4n) is 3.42. The highest BCUT2D eigenvalue weighted by molar-refractivity contribution is 5.79. The van der Waals surface area contributed by atoms with Crippen LogP contribution in [-0.4, -0.2) is 18.6 Å². The maximum Gasteiger partial charge on any atom is 0.227 e. The Morgan fingerprint density at radius 3 is 2.57 bits per heavy atom. The number of fused-ring (bicyclic) bond motifs is 1. The standard InChI is InChI=1S/C18H25NO2/c20-18(19-16-9-4-2-1-3-5-10-16)15-12-14-8-6-7-11-17(14)21-13-15/h6-8,11,15-16H,1-5,9-10,12-13H2,(H,19,20). The molecule has 0 bridgehead atoms. The Labute approximate surface area is 127 Å². The van der Waals surface area contributed by atoms with E-state index >= 15 is 0 Å². The van der Waals surface area contributed by atoms with Crippen LogP contribution in [0.4, 0.5) is 0 Å². The fraction of sp³-hybridized carbons (Fsp3) is 0.611. The lowest BCUT2D eigenvalue weighted by molar-refractivity contribution is -0.127. The summed E-state index contributed by atoms with van der Waals surface area (Å²) in [6.45, 7) is 0.509. The van der Waals surface area contributed by atoms with Crippen molar-refractivity contribution in [2.24, 2.45) is 5.92 Å². The van der Waals surface area contributed by atoms with E-state index in [1.807, 2.05) is 18.2 Å². The number of ether oxygens (including phenoxy) is 1. The molecule has 1 amide bonds. The van der Waals surface area contributed by atoms with Crippen LogP contribution >= 0.6 is 0 Å². The second-order valence-corrected chi connectivity index (χ2v) is 6.37. The summed E-state index contributed by atoms with van der Waals surface area (Å²) in [5, 5.41) is 3.27. The summed E-state index contributed by atoms with van der Waals surface area (Å²) in [4.78, 5) is 12.5. The zero-order valence-electron chi connectivity index (χ0n) is 12.6.